The SMILES string of the molecule is CCOC(=O)C1=C(C)NC(=S)N[C@@H]1c1ccccc1OCC(=O)NN=Cc1cc(C)n(-c2ccc(OCc3cccc(F)c3)cc2)c1C. The summed E-state index contributed by atoms with van der Waals surface area (Å²) in [5, 5.41) is 10.6. The Bertz CT molecular complexity index is 1890. The number of aryl methyl sites for hydroxylation is 1. The predicted octanol–water partition coefficient (Wildman–Crippen LogP) is 5.70. The molecule has 3 aromatic carbocycles. The van der Waals surface area contributed by atoms with Gasteiger partial charge in [-0.2, -0.15) is 5.10 Å². The third-order valence-electron chi connectivity index (χ3n) is 7.61. The zero-order valence-electron chi connectivity index (χ0n) is 27.0. The lowest BCUT2D eigenvalue weighted by Gasteiger charge is -2.30. The number of benzene rings is 3. The number of hydrogen-bond donors (Lipinski definition) is 3. The third kappa shape index (κ3) is 8.07. The minimum Gasteiger partial charge on any atom is -0.489 e. The van der Waals surface area contributed by atoms with E-state index >= 15 is 0 Å². The van der Waals surface area contributed by atoms with Crippen LogP contribution in [0.3, 0.4) is 0 Å². The lowest BCUT2D eigenvalue weighted by Crippen LogP contribution is -2.45. The molecule has 1 aliphatic heterocycles. The van der Waals surface area contributed by atoms with Crippen LogP contribution in [0.4, 0.5) is 4.39 Å². The summed E-state index contributed by atoms with van der Waals surface area (Å²) in [5.41, 5.74) is 8.50. The van der Waals surface area contributed by atoms with E-state index in [0.717, 1.165) is 28.2 Å². The molecule has 0 spiro atoms. The largest absolute Gasteiger partial charge is 0.489 e. The highest BCUT2D eigenvalue weighted by atomic mass is 32.1. The lowest BCUT2D eigenvalue weighted by molar-refractivity contribution is -0.139. The van der Waals surface area contributed by atoms with Gasteiger partial charge >= 0.3 is 5.97 Å². The van der Waals surface area contributed by atoms with Gasteiger partial charge in [0.25, 0.3) is 5.91 Å². The topological polar surface area (TPSA) is 115 Å². The predicted molar refractivity (Wildman–Crippen MR) is 185 cm³/mol. The van der Waals surface area contributed by atoms with Gasteiger partial charge in [-0.05, 0) is 94.0 Å². The smallest absolute Gasteiger partial charge is 0.338 e. The van der Waals surface area contributed by atoms with Crippen molar-refractivity contribution in [1.82, 2.24) is 20.6 Å². The number of nitrogens with one attached hydrogen (secondary N) is 3. The van der Waals surface area contributed by atoms with Gasteiger partial charge in [-0.1, -0.05) is 30.3 Å². The van der Waals surface area contributed by atoms with E-state index in [4.69, 9.17) is 26.4 Å². The van der Waals surface area contributed by atoms with Crippen molar-refractivity contribution in [2.24, 2.45) is 5.10 Å². The number of hydrazone groups is 1. The molecule has 0 radical (unpaired) electrons. The van der Waals surface area contributed by atoms with Gasteiger partial charge < -0.3 is 29.4 Å². The maximum absolute atomic E-state index is 13.5. The Morgan fingerprint density at radius 2 is 1.79 bits per heavy atom. The molecule has 12 heteroatoms. The van der Waals surface area contributed by atoms with E-state index in [2.05, 4.69) is 25.7 Å². The summed E-state index contributed by atoms with van der Waals surface area (Å²) in [6.45, 7) is 7.61. The van der Waals surface area contributed by atoms with Crippen LogP contribution in [-0.4, -0.2) is 41.0 Å². The van der Waals surface area contributed by atoms with E-state index in [1.807, 2.05) is 56.3 Å². The van der Waals surface area contributed by atoms with Gasteiger partial charge in [-0.15, -0.1) is 0 Å². The number of amides is 1. The second-order valence-electron chi connectivity index (χ2n) is 11.0. The molecule has 48 heavy (non-hydrogen) atoms. The fourth-order valence-electron chi connectivity index (χ4n) is 5.41. The van der Waals surface area contributed by atoms with Crippen molar-refractivity contribution in [2.75, 3.05) is 13.2 Å². The molecule has 0 saturated carbocycles. The fraction of sp³-hybridized carbons (Fsp3) is 0.222. The summed E-state index contributed by atoms with van der Waals surface area (Å²) in [7, 11) is 0. The Morgan fingerprint density at radius 3 is 2.54 bits per heavy atom. The zero-order valence-corrected chi connectivity index (χ0v) is 27.8. The molecule has 1 aromatic heterocycles. The Kier molecular flexibility index (Phi) is 10.9. The molecule has 10 nitrogen and oxygen atoms in total. The summed E-state index contributed by atoms with van der Waals surface area (Å²) < 4.78 is 32.5. The van der Waals surface area contributed by atoms with Crippen molar-refractivity contribution in [3.8, 4) is 17.2 Å². The first-order chi connectivity index (χ1) is 23.1. The summed E-state index contributed by atoms with van der Waals surface area (Å²) in [6.07, 6.45) is 1.58. The standard InChI is InChI=1S/C36H36FN5O5S/c1-5-45-35(44)33-23(3)39-36(48)40-34(33)30-11-6-7-12-31(30)47-21-32(43)41-38-19-26-17-22(2)42(24(26)4)28-13-15-29(16-14-28)46-20-25-9-8-10-27(37)18-25/h6-19,34H,5,20-21H2,1-4H3,(H,41,43)(H2,39,40,48)/t34-/m1/s1. The summed E-state index contributed by atoms with van der Waals surface area (Å²) >= 11 is 5.34. The summed E-state index contributed by atoms with van der Waals surface area (Å²) in [6, 6.07) is 22.4. The number of hydrogen-bond acceptors (Lipinski definition) is 7. The second-order valence-corrected chi connectivity index (χ2v) is 11.4. The summed E-state index contributed by atoms with van der Waals surface area (Å²) in [5.74, 6) is -0.166. The molecule has 5 rings (SSSR count). The number of ether oxygens (including phenoxy) is 3. The maximum atomic E-state index is 13.5. The van der Waals surface area contributed by atoms with Crippen LogP contribution in [0.2, 0.25) is 0 Å². The Hall–Kier alpha value is -5.49. The number of allylic oxidation sites excluding steroid dienone is 1. The van der Waals surface area contributed by atoms with Crippen LogP contribution in [0.1, 0.15) is 48.0 Å². The first kappa shape index (κ1) is 33.9. The number of rotatable bonds is 12. The van der Waals surface area contributed by atoms with Gasteiger partial charge in [0.2, 0.25) is 0 Å². The highest BCUT2D eigenvalue weighted by molar-refractivity contribution is 7.80. The van der Waals surface area contributed by atoms with Crippen LogP contribution in [-0.2, 0) is 20.9 Å². The van der Waals surface area contributed by atoms with Crippen LogP contribution in [0.15, 0.2) is 95.2 Å². The van der Waals surface area contributed by atoms with E-state index in [-0.39, 0.29) is 25.6 Å². The van der Waals surface area contributed by atoms with E-state index < -0.39 is 17.9 Å². The van der Waals surface area contributed by atoms with Gasteiger partial charge in [0.1, 0.15) is 23.9 Å². The van der Waals surface area contributed by atoms with Gasteiger partial charge in [-0.3, -0.25) is 4.79 Å². The van der Waals surface area contributed by atoms with Crippen molar-refractivity contribution < 1.29 is 28.2 Å². The van der Waals surface area contributed by atoms with Gasteiger partial charge in [-0.25, -0.2) is 14.6 Å². The molecule has 4 aromatic rings. The number of nitrogens with zero attached hydrogens (tertiary/aromatic N) is 2. The third-order valence-corrected chi connectivity index (χ3v) is 7.83. The monoisotopic (exact) mass is 669 g/mol. The quantitative estimate of drug-likeness (QED) is 0.0763. The number of carbonyl (C=O) groups excluding carboxylic acids is 2. The molecule has 0 unspecified atom stereocenters. The number of aromatic nitrogens is 1. The molecular weight excluding hydrogens is 633 g/mol. The molecule has 1 aliphatic rings. The average Bonchev–Trinajstić information content (AvgIpc) is 3.34. The molecule has 1 amide bonds. The minimum absolute atomic E-state index is 0.221. The molecule has 0 aliphatic carbocycles. The normalized spacial score (nSPS) is 14.4. The van der Waals surface area contributed by atoms with Crippen LogP contribution in [0, 0.1) is 19.7 Å². The number of carbonyl (C=O) groups is 2. The van der Waals surface area contributed by atoms with Crippen molar-refractivity contribution >= 4 is 35.4 Å². The fourth-order valence-corrected chi connectivity index (χ4v) is 5.68. The molecule has 2 heterocycles. The van der Waals surface area contributed by atoms with Crippen molar-refractivity contribution in [1.29, 1.82) is 0 Å². The first-order valence-corrected chi connectivity index (χ1v) is 15.7. The molecule has 0 fully saturated rings. The molecule has 248 valence electrons. The number of para-hydroxylation sites is 1. The molecule has 3 N–H and O–H groups in total. The number of esters is 1. The lowest BCUT2D eigenvalue weighted by atomic mass is 9.95. The van der Waals surface area contributed by atoms with E-state index in [1.165, 1.54) is 12.1 Å². The van der Waals surface area contributed by atoms with Gasteiger partial charge in [0, 0.05) is 33.9 Å². The molecule has 0 bridgehead atoms. The van der Waals surface area contributed by atoms with Gasteiger partial charge in [0.15, 0.2) is 11.7 Å². The van der Waals surface area contributed by atoms with E-state index in [9.17, 15) is 14.0 Å². The van der Waals surface area contributed by atoms with Crippen LogP contribution in [0.5, 0.6) is 11.5 Å². The average molecular weight is 670 g/mol. The Balaban J connectivity index is 1.20. The van der Waals surface area contributed by atoms with Crippen LogP contribution < -0.4 is 25.5 Å². The van der Waals surface area contributed by atoms with Crippen molar-refractivity contribution in [2.45, 2.75) is 40.3 Å². The number of halogens is 1. The molecule has 1 atom stereocenters. The van der Waals surface area contributed by atoms with Crippen molar-refractivity contribution in [3.63, 3.8) is 0 Å². The van der Waals surface area contributed by atoms with Crippen LogP contribution in [0.25, 0.3) is 5.69 Å². The molecule has 0 saturated heterocycles. The first-order valence-electron chi connectivity index (χ1n) is 15.3. The Labute approximate surface area is 283 Å². The van der Waals surface area contributed by atoms with E-state index in [0.29, 0.717) is 33.4 Å². The minimum atomic E-state index is -0.630. The molecular formula is C36H36FN5O5S. The van der Waals surface area contributed by atoms with Crippen molar-refractivity contribution in [3.05, 3.63) is 124 Å². The van der Waals surface area contributed by atoms with Gasteiger partial charge in [0.05, 0.1) is 24.4 Å². The summed E-state index contributed by atoms with van der Waals surface area (Å²) in [4.78, 5) is 25.5. The maximum Gasteiger partial charge on any atom is 0.338 e. The van der Waals surface area contributed by atoms with E-state index in [1.54, 1.807) is 44.3 Å². The number of thiocarbonyl (C=S) groups is 1. The highest BCUT2D eigenvalue weighted by Crippen LogP contribution is 2.33. The second kappa shape index (κ2) is 15.4. The Morgan fingerprint density at radius 1 is 1.02 bits per heavy atom. The zero-order chi connectivity index (χ0) is 34.2. The van der Waals surface area contributed by atoms with Crippen LogP contribution >= 0.6 is 12.2 Å². The highest BCUT2D eigenvalue weighted by Gasteiger charge is 2.32.